The first-order valence-corrected chi connectivity index (χ1v) is 11.6. The number of ketones is 1. The highest BCUT2D eigenvalue weighted by Gasteiger charge is 2.61. The van der Waals surface area contributed by atoms with E-state index in [9.17, 15) is 9.59 Å². The van der Waals surface area contributed by atoms with Gasteiger partial charge in [0, 0.05) is 19.3 Å². The molecule has 4 rings (SSSR count). The maximum absolute atomic E-state index is 12.6. The van der Waals surface area contributed by atoms with Crippen LogP contribution in [0.2, 0.25) is 0 Å². The highest BCUT2D eigenvalue weighted by molar-refractivity contribution is 5.80. The number of Topliss-reactive ketones (excluding diaryl/α,β-unsaturated/α-hetero) is 1. The fourth-order valence-electron chi connectivity index (χ4n) is 8.34. The molecule has 0 N–H and O–H groups in total. The number of rotatable bonds is 3. The van der Waals surface area contributed by atoms with Gasteiger partial charge in [0.1, 0.15) is 11.9 Å². The van der Waals surface area contributed by atoms with E-state index in [1.54, 1.807) is 5.57 Å². The van der Waals surface area contributed by atoms with Crippen LogP contribution < -0.4 is 0 Å². The Balaban J connectivity index is 1.61. The second kappa shape index (κ2) is 6.99. The molecule has 0 saturated heterocycles. The lowest BCUT2D eigenvalue weighted by Crippen LogP contribution is -2.51. The van der Waals surface area contributed by atoms with Gasteiger partial charge in [-0.2, -0.15) is 0 Å². The second-order valence-corrected chi connectivity index (χ2v) is 10.8. The molecule has 4 aliphatic carbocycles. The second-order valence-electron chi connectivity index (χ2n) is 10.8. The number of ether oxygens (including phenoxy) is 1. The van der Waals surface area contributed by atoms with Gasteiger partial charge in [0.2, 0.25) is 0 Å². The van der Waals surface area contributed by atoms with Crippen LogP contribution in [0, 0.1) is 40.4 Å². The van der Waals surface area contributed by atoms with Crippen LogP contribution in [0.15, 0.2) is 11.6 Å². The molecule has 0 unspecified atom stereocenters. The van der Waals surface area contributed by atoms with Crippen molar-refractivity contribution >= 4 is 11.8 Å². The number of carbonyl (C=O) groups excluding carboxylic acids is 2. The van der Waals surface area contributed by atoms with Crippen LogP contribution in [0.1, 0.15) is 86.0 Å². The van der Waals surface area contributed by atoms with Crippen molar-refractivity contribution in [1.82, 2.24) is 0 Å². The van der Waals surface area contributed by atoms with Gasteiger partial charge in [-0.25, -0.2) is 0 Å². The van der Waals surface area contributed by atoms with E-state index in [4.69, 9.17) is 4.74 Å². The summed E-state index contributed by atoms with van der Waals surface area (Å²) < 4.78 is 5.56. The van der Waals surface area contributed by atoms with Crippen LogP contribution in [0.25, 0.3) is 0 Å². The SMILES string of the molecule is CC[C@@H]1C[C@@H]2[C@H]3CC=C4C[C@@H](OC(C)=O)CC[C@]4(C)[C@@H]3CC[C@]2(C)[C@@H]1C(C)=O. The molecule has 0 aromatic heterocycles. The van der Waals surface area contributed by atoms with Crippen molar-refractivity contribution in [1.29, 1.82) is 0 Å². The third-order valence-electron chi connectivity index (χ3n) is 9.53. The van der Waals surface area contributed by atoms with Gasteiger partial charge in [0.05, 0.1) is 0 Å². The normalized spacial score (nSPS) is 47.4. The molecular weight excluding hydrogens is 348 g/mol. The van der Waals surface area contributed by atoms with E-state index in [0.29, 0.717) is 17.6 Å². The number of hydrogen-bond donors (Lipinski definition) is 0. The van der Waals surface area contributed by atoms with Gasteiger partial charge in [-0.15, -0.1) is 0 Å². The Hall–Kier alpha value is -1.12. The first kappa shape index (κ1) is 20.2. The molecule has 3 fully saturated rings. The Morgan fingerprint density at radius 1 is 1.14 bits per heavy atom. The number of hydrogen-bond acceptors (Lipinski definition) is 3. The molecule has 156 valence electrons. The molecule has 0 aromatic rings. The van der Waals surface area contributed by atoms with Crippen LogP contribution >= 0.6 is 0 Å². The molecule has 0 radical (unpaired) electrons. The predicted octanol–water partition coefficient (Wildman–Crippen LogP) is 5.72. The van der Waals surface area contributed by atoms with Crippen molar-refractivity contribution in [3.63, 3.8) is 0 Å². The molecule has 0 heterocycles. The largest absolute Gasteiger partial charge is 0.462 e. The van der Waals surface area contributed by atoms with Crippen LogP contribution in [0.5, 0.6) is 0 Å². The Morgan fingerprint density at radius 3 is 2.54 bits per heavy atom. The minimum absolute atomic E-state index is 0.0697. The lowest BCUT2D eigenvalue weighted by molar-refractivity contribution is -0.149. The molecule has 3 nitrogen and oxygen atoms in total. The standard InChI is InChI=1S/C25H38O3/c1-6-17-13-22-20-8-7-18-14-19(28-16(3)27)9-11-24(18,4)21(20)10-12-25(22,5)23(17)15(2)26/h7,17,19-23H,6,8-14H2,1-5H3/t17-,19+,20+,21-,22-,23-,24+,25+/m1/s1. The van der Waals surface area contributed by atoms with Crippen molar-refractivity contribution in [3.8, 4) is 0 Å². The summed E-state index contributed by atoms with van der Waals surface area (Å²) in [4.78, 5) is 24.0. The Morgan fingerprint density at radius 2 is 1.89 bits per heavy atom. The molecule has 3 heteroatoms. The summed E-state index contributed by atoms with van der Waals surface area (Å²) in [7, 11) is 0. The number of esters is 1. The molecule has 0 bridgehead atoms. The quantitative estimate of drug-likeness (QED) is 0.460. The molecule has 28 heavy (non-hydrogen) atoms. The van der Waals surface area contributed by atoms with E-state index in [1.807, 2.05) is 6.92 Å². The van der Waals surface area contributed by atoms with Crippen LogP contribution in [0.4, 0.5) is 0 Å². The average molecular weight is 387 g/mol. The predicted molar refractivity (Wildman–Crippen MR) is 111 cm³/mol. The van der Waals surface area contributed by atoms with E-state index in [0.717, 1.165) is 43.9 Å². The highest BCUT2D eigenvalue weighted by Crippen LogP contribution is 2.67. The fourth-order valence-corrected chi connectivity index (χ4v) is 8.34. The zero-order valence-electron chi connectivity index (χ0n) is 18.4. The van der Waals surface area contributed by atoms with E-state index < -0.39 is 0 Å². The van der Waals surface area contributed by atoms with Crippen LogP contribution in [-0.2, 0) is 14.3 Å². The van der Waals surface area contributed by atoms with Crippen molar-refractivity contribution < 1.29 is 14.3 Å². The zero-order valence-corrected chi connectivity index (χ0v) is 18.4. The van der Waals surface area contributed by atoms with Crippen molar-refractivity contribution in [2.24, 2.45) is 40.4 Å². The number of carbonyl (C=O) groups is 2. The first-order valence-electron chi connectivity index (χ1n) is 11.6. The summed E-state index contributed by atoms with van der Waals surface area (Å²) in [6, 6.07) is 0. The molecule has 0 aliphatic heterocycles. The molecular formula is C25H38O3. The van der Waals surface area contributed by atoms with E-state index >= 15 is 0 Å². The summed E-state index contributed by atoms with van der Waals surface area (Å²) >= 11 is 0. The Kier molecular flexibility index (Phi) is 5.03. The maximum Gasteiger partial charge on any atom is 0.302 e. The van der Waals surface area contributed by atoms with Crippen molar-refractivity contribution in [3.05, 3.63) is 11.6 Å². The maximum atomic E-state index is 12.6. The minimum atomic E-state index is -0.150. The first-order chi connectivity index (χ1) is 13.2. The fraction of sp³-hybridized carbons (Fsp3) is 0.840. The lowest BCUT2D eigenvalue weighted by Gasteiger charge is -2.58. The minimum Gasteiger partial charge on any atom is -0.462 e. The van der Waals surface area contributed by atoms with Gasteiger partial charge in [0.25, 0.3) is 0 Å². The van der Waals surface area contributed by atoms with Crippen molar-refractivity contribution in [2.75, 3.05) is 0 Å². The van der Waals surface area contributed by atoms with Crippen LogP contribution in [0.3, 0.4) is 0 Å². The monoisotopic (exact) mass is 386 g/mol. The summed E-state index contributed by atoms with van der Waals surface area (Å²) in [6.07, 6.45) is 11.6. The molecule has 0 spiro atoms. The van der Waals surface area contributed by atoms with Gasteiger partial charge in [-0.1, -0.05) is 38.8 Å². The summed E-state index contributed by atoms with van der Waals surface area (Å²) in [5.74, 6) is 3.25. The van der Waals surface area contributed by atoms with Crippen molar-refractivity contribution in [2.45, 2.75) is 92.1 Å². The summed E-state index contributed by atoms with van der Waals surface area (Å²) in [5.41, 5.74) is 2.00. The van der Waals surface area contributed by atoms with Gasteiger partial charge < -0.3 is 4.74 Å². The van der Waals surface area contributed by atoms with E-state index in [-0.39, 0.29) is 28.8 Å². The van der Waals surface area contributed by atoms with Gasteiger partial charge in [-0.05, 0) is 80.0 Å². The van der Waals surface area contributed by atoms with Crippen LogP contribution in [-0.4, -0.2) is 17.9 Å². The van der Waals surface area contributed by atoms with Gasteiger partial charge in [0.15, 0.2) is 0 Å². The Bertz CT molecular complexity index is 694. The van der Waals surface area contributed by atoms with E-state index in [2.05, 4.69) is 26.8 Å². The summed E-state index contributed by atoms with van der Waals surface area (Å²) in [6.45, 7) is 10.6. The number of allylic oxidation sites excluding steroid dienone is 1. The smallest absolute Gasteiger partial charge is 0.302 e. The lowest BCUT2D eigenvalue weighted by atomic mass is 9.47. The highest BCUT2D eigenvalue weighted by atomic mass is 16.5. The van der Waals surface area contributed by atoms with Gasteiger partial charge in [-0.3, -0.25) is 9.59 Å². The topological polar surface area (TPSA) is 43.4 Å². The summed E-state index contributed by atoms with van der Waals surface area (Å²) in [5, 5.41) is 0. The zero-order chi connectivity index (χ0) is 20.3. The molecule has 0 amide bonds. The molecule has 3 saturated carbocycles. The molecule has 8 atom stereocenters. The van der Waals surface area contributed by atoms with Gasteiger partial charge >= 0.3 is 5.97 Å². The third kappa shape index (κ3) is 2.91. The molecule has 4 aliphatic rings. The number of fused-ring (bicyclic) bond motifs is 5. The Labute approximate surface area is 170 Å². The average Bonchev–Trinajstić information content (AvgIpc) is 2.94. The third-order valence-corrected chi connectivity index (χ3v) is 9.53. The molecule has 0 aromatic carbocycles. The van der Waals surface area contributed by atoms with E-state index in [1.165, 1.54) is 26.2 Å².